The zero-order valence-electron chi connectivity index (χ0n) is 10.6. The van der Waals surface area contributed by atoms with Crippen molar-refractivity contribution in [1.82, 2.24) is 5.32 Å². The highest BCUT2D eigenvalue weighted by Gasteiger charge is 2.18. The summed E-state index contributed by atoms with van der Waals surface area (Å²) in [6, 6.07) is 6.78. The predicted molar refractivity (Wildman–Crippen MR) is 69.5 cm³/mol. The topological polar surface area (TPSA) is 98.2 Å². The number of aryl methyl sites for hydroxylation is 1. The first kappa shape index (κ1) is 14.2. The molecule has 0 aliphatic rings. The van der Waals surface area contributed by atoms with Crippen molar-refractivity contribution in [2.24, 2.45) is 11.5 Å². The van der Waals surface area contributed by atoms with Gasteiger partial charge in [0.1, 0.15) is 0 Å². The Hall–Kier alpha value is -1.88. The van der Waals surface area contributed by atoms with E-state index >= 15 is 0 Å². The highest BCUT2D eigenvalue weighted by molar-refractivity contribution is 5.87. The van der Waals surface area contributed by atoms with Gasteiger partial charge in [-0.15, -0.1) is 0 Å². The fraction of sp³-hybridized carbons (Fsp3) is 0.385. The Labute approximate surface area is 107 Å². The van der Waals surface area contributed by atoms with Crippen LogP contribution >= 0.6 is 0 Å². The average molecular weight is 249 g/mol. The van der Waals surface area contributed by atoms with Crippen molar-refractivity contribution in [1.29, 1.82) is 0 Å². The smallest absolute Gasteiger partial charge is 0.237 e. The summed E-state index contributed by atoms with van der Waals surface area (Å²) in [5, 5.41) is 2.76. The number of hydrogen-bond acceptors (Lipinski definition) is 3. The molecule has 5 heteroatoms. The molecule has 1 rings (SSSR count). The minimum atomic E-state index is -0.894. The van der Waals surface area contributed by atoms with Crippen LogP contribution < -0.4 is 16.8 Å². The van der Waals surface area contributed by atoms with Crippen LogP contribution in [0.4, 0.5) is 0 Å². The van der Waals surface area contributed by atoms with Gasteiger partial charge >= 0.3 is 0 Å². The second-order valence-corrected chi connectivity index (χ2v) is 4.42. The molecule has 0 saturated heterocycles. The number of primary amides is 1. The predicted octanol–water partition coefficient (Wildman–Crippen LogP) is 0.375. The monoisotopic (exact) mass is 249 g/mol. The first-order valence-electron chi connectivity index (χ1n) is 5.81. The highest BCUT2D eigenvalue weighted by Crippen LogP contribution is 2.13. The minimum absolute atomic E-state index is 0.146. The molecule has 0 heterocycles. The summed E-state index contributed by atoms with van der Waals surface area (Å²) in [4.78, 5) is 22.4. The van der Waals surface area contributed by atoms with Gasteiger partial charge < -0.3 is 16.8 Å². The summed E-state index contributed by atoms with van der Waals surface area (Å²) < 4.78 is 0. The van der Waals surface area contributed by atoms with E-state index in [9.17, 15) is 9.59 Å². The van der Waals surface area contributed by atoms with Gasteiger partial charge in [0.15, 0.2) is 0 Å². The fourth-order valence-corrected chi connectivity index (χ4v) is 1.65. The number of hydrogen-bond donors (Lipinski definition) is 3. The summed E-state index contributed by atoms with van der Waals surface area (Å²) in [5.41, 5.74) is 12.7. The van der Waals surface area contributed by atoms with Gasteiger partial charge in [-0.25, -0.2) is 0 Å². The van der Waals surface area contributed by atoms with E-state index in [-0.39, 0.29) is 18.4 Å². The molecule has 5 nitrogen and oxygen atoms in total. The molecule has 98 valence electrons. The molecule has 0 bridgehead atoms. The Balaban J connectivity index is 2.62. The van der Waals surface area contributed by atoms with E-state index in [0.29, 0.717) is 0 Å². The first-order chi connectivity index (χ1) is 8.40. The second kappa shape index (κ2) is 6.16. The van der Waals surface area contributed by atoms with E-state index in [4.69, 9.17) is 11.5 Å². The summed E-state index contributed by atoms with van der Waals surface area (Å²) in [5.74, 6) is -0.955. The SMILES string of the molecule is Cc1cccc([C@@H](C)NC(=O)C(N)CC(N)=O)c1. The van der Waals surface area contributed by atoms with Gasteiger partial charge in [-0.05, 0) is 19.4 Å². The molecule has 18 heavy (non-hydrogen) atoms. The van der Waals surface area contributed by atoms with Gasteiger partial charge in [-0.3, -0.25) is 9.59 Å². The van der Waals surface area contributed by atoms with E-state index < -0.39 is 11.9 Å². The van der Waals surface area contributed by atoms with Crippen LogP contribution in [0.5, 0.6) is 0 Å². The van der Waals surface area contributed by atoms with Crippen molar-refractivity contribution in [3.63, 3.8) is 0 Å². The molecule has 5 N–H and O–H groups in total. The van der Waals surface area contributed by atoms with Gasteiger partial charge in [-0.2, -0.15) is 0 Å². The van der Waals surface area contributed by atoms with Gasteiger partial charge in [0.2, 0.25) is 11.8 Å². The van der Waals surface area contributed by atoms with Gasteiger partial charge in [0.25, 0.3) is 0 Å². The third-order valence-corrected chi connectivity index (χ3v) is 2.66. The molecule has 0 fully saturated rings. The third-order valence-electron chi connectivity index (χ3n) is 2.66. The Morgan fingerprint density at radius 3 is 2.61 bits per heavy atom. The number of carbonyl (C=O) groups is 2. The summed E-state index contributed by atoms with van der Waals surface area (Å²) in [7, 11) is 0. The number of nitrogens with one attached hydrogen (secondary N) is 1. The molecular weight excluding hydrogens is 230 g/mol. The standard InChI is InChI=1S/C13H19N3O2/c1-8-4-3-5-10(6-8)9(2)16-13(18)11(14)7-12(15)17/h3-6,9,11H,7,14H2,1-2H3,(H2,15,17)(H,16,18)/t9-,11?/m1/s1. The maximum absolute atomic E-state index is 11.7. The molecule has 0 aliphatic heterocycles. The molecule has 2 atom stereocenters. The minimum Gasteiger partial charge on any atom is -0.370 e. The van der Waals surface area contributed by atoms with E-state index in [1.165, 1.54) is 0 Å². The van der Waals surface area contributed by atoms with Crippen LogP contribution in [-0.2, 0) is 9.59 Å². The summed E-state index contributed by atoms with van der Waals surface area (Å²) in [6.45, 7) is 3.85. The van der Waals surface area contributed by atoms with E-state index in [1.807, 2.05) is 38.1 Å². The molecule has 1 aromatic rings. The molecule has 0 aliphatic carbocycles. The Bertz CT molecular complexity index is 446. The lowest BCUT2D eigenvalue weighted by Crippen LogP contribution is -2.43. The quantitative estimate of drug-likeness (QED) is 0.703. The van der Waals surface area contributed by atoms with Crippen LogP contribution in [0.25, 0.3) is 0 Å². The molecule has 0 radical (unpaired) electrons. The zero-order valence-corrected chi connectivity index (χ0v) is 10.6. The molecule has 0 aromatic heterocycles. The lowest BCUT2D eigenvalue weighted by molar-refractivity contribution is -0.126. The lowest BCUT2D eigenvalue weighted by atomic mass is 10.1. The lowest BCUT2D eigenvalue weighted by Gasteiger charge is -2.17. The van der Waals surface area contributed by atoms with Gasteiger partial charge in [0.05, 0.1) is 18.5 Å². The van der Waals surface area contributed by atoms with Crippen LogP contribution in [0.2, 0.25) is 0 Å². The van der Waals surface area contributed by atoms with Crippen LogP contribution in [0.3, 0.4) is 0 Å². The Morgan fingerprint density at radius 2 is 2.06 bits per heavy atom. The van der Waals surface area contributed by atoms with Gasteiger partial charge in [-0.1, -0.05) is 29.8 Å². The summed E-state index contributed by atoms with van der Waals surface area (Å²) in [6.07, 6.45) is -0.146. The van der Waals surface area contributed by atoms with Crippen molar-refractivity contribution in [2.45, 2.75) is 32.4 Å². The van der Waals surface area contributed by atoms with Crippen LogP contribution in [0.1, 0.15) is 30.5 Å². The van der Waals surface area contributed by atoms with Crippen molar-refractivity contribution in [3.8, 4) is 0 Å². The number of rotatable bonds is 5. The molecule has 1 aromatic carbocycles. The molecule has 2 amide bonds. The maximum Gasteiger partial charge on any atom is 0.237 e. The van der Waals surface area contributed by atoms with Crippen molar-refractivity contribution < 1.29 is 9.59 Å². The van der Waals surface area contributed by atoms with Crippen molar-refractivity contribution >= 4 is 11.8 Å². The number of amides is 2. The van der Waals surface area contributed by atoms with E-state index in [0.717, 1.165) is 11.1 Å². The van der Waals surface area contributed by atoms with Gasteiger partial charge in [0, 0.05) is 0 Å². The van der Waals surface area contributed by atoms with Crippen LogP contribution in [0, 0.1) is 6.92 Å². The number of benzene rings is 1. The second-order valence-electron chi connectivity index (χ2n) is 4.42. The third kappa shape index (κ3) is 4.18. The fourth-order valence-electron chi connectivity index (χ4n) is 1.65. The molecule has 0 saturated carbocycles. The maximum atomic E-state index is 11.7. The van der Waals surface area contributed by atoms with E-state index in [2.05, 4.69) is 5.32 Å². The Morgan fingerprint density at radius 1 is 1.39 bits per heavy atom. The summed E-state index contributed by atoms with van der Waals surface area (Å²) >= 11 is 0. The molecule has 0 spiro atoms. The van der Waals surface area contributed by atoms with Crippen LogP contribution in [-0.4, -0.2) is 17.9 Å². The number of nitrogens with two attached hydrogens (primary N) is 2. The average Bonchev–Trinajstić information content (AvgIpc) is 2.27. The first-order valence-corrected chi connectivity index (χ1v) is 5.81. The largest absolute Gasteiger partial charge is 0.370 e. The van der Waals surface area contributed by atoms with E-state index in [1.54, 1.807) is 0 Å². The highest BCUT2D eigenvalue weighted by atomic mass is 16.2. The van der Waals surface area contributed by atoms with Crippen molar-refractivity contribution in [2.75, 3.05) is 0 Å². The van der Waals surface area contributed by atoms with Crippen LogP contribution in [0.15, 0.2) is 24.3 Å². The zero-order chi connectivity index (χ0) is 13.7. The Kier molecular flexibility index (Phi) is 4.85. The number of carbonyl (C=O) groups excluding carboxylic acids is 2. The van der Waals surface area contributed by atoms with Crippen molar-refractivity contribution in [3.05, 3.63) is 35.4 Å². The normalized spacial score (nSPS) is 13.7. The molecule has 1 unspecified atom stereocenters. The molecular formula is C13H19N3O2.